The van der Waals surface area contributed by atoms with Gasteiger partial charge >= 0.3 is 0 Å². The van der Waals surface area contributed by atoms with Crippen LogP contribution in [0.3, 0.4) is 0 Å². The van der Waals surface area contributed by atoms with Gasteiger partial charge in [0.25, 0.3) is 0 Å². The molecular formula is C9H13NO4S. The lowest BCUT2D eigenvalue weighted by Gasteiger charge is -2.15. The highest BCUT2D eigenvalue weighted by Gasteiger charge is 2.39. The molecule has 6 heteroatoms. The summed E-state index contributed by atoms with van der Waals surface area (Å²) in [6.07, 6.45) is 0.284. The van der Waals surface area contributed by atoms with Gasteiger partial charge in [-0.05, 0) is 6.42 Å². The Morgan fingerprint density at radius 1 is 1.47 bits per heavy atom. The Balaban J connectivity index is 1.90. The summed E-state index contributed by atoms with van der Waals surface area (Å²) >= 11 is 0. The van der Waals surface area contributed by atoms with Crippen LogP contribution in [-0.2, 0) is 19.3 Å². The average molecular weight is 231 g/mol. The maximum atomic E-state index is 11.2. The predicted octanol–water partition coefficient (Wildman–Crippen LogP) is 0.0763. The second kappa shape index (κ2) is 4.08. The average Bonchev–Trinajstić information content (AvgIpc) is 2.73. The van der Waals surface area contributed by atoms with Crippen LogP contribution in [0.2, 0.25) is 0 Å². The molecule has 0 aliphatic carbocycles. The van der Waals surface area contributed by atoms with E-state index in [4.69, 9.17) is 14.7 Å². The highest BCUT2D eigenvalue weighted by Crippen LogP contribution is 2.29. The van der Waals surface area contributed by atoms with Crippen LogP contribution < -0.4 is 0 Å². The van der Waals surface area contributed by atoms with Gasteiger partial charge in [0.1, 0.15) is 0 Å². The lowest BCUT2D eigenvalue weighted by molar-refractivity contribution is -0.0889. The van der Waals surface area contributed by atoms with Crippen molar-refractivity contribution in [3.63, 3.8) is 0 Å². The summed E-state index contributed by atoms with van der Waals surface area (Å²) < 4.78 is 33.3. The van der Waals surface area contributed by atoms with Crippen LogP contribution in [0.15, 0.2) is 0 Å². The van der Waals surface area contributed by atoms with Crippen LogP contribution in [0.1, 0.15) is 12.8 Å². The van der Waals surface area contributed by atoms with Crippen molar-refractivity contribution in [2.45, 2.75) is 25.2 Å². The molecule has 0 aromatic rings. The standard InChI is InChI=1S/C9H13NO4S/c10-3-1-8-5-13-9(14-8)7-2-4-15(11,12)6-7/h7-9H,1-2,4-6H2. The van der Waals surface area contributed by atoms with Gasteiger partial charge in [-0.15, -0.1) is 0 Å². The number of hydrogen-bond donors (Lipinski definition) is 0. The molecule has 84 valence electrons. The molecule has 5 nitrogen and oxygen atoms in total. The molecule has 2 aliphatic rings. The summed E-state index contributed by atoms with van der Waals surface area (Å²) in [5, 5.41) is 8.48. The Bertz CT molecular complexity index is 372. The maximum absolute atomic E-state index is 11.2. The van der Waals surface area contributed by atoms with Crippen molar-refractivity contribution in [2.24, 2.45) is 5.92 Å². The van der Waals surface area contributed by atoms with Crippen molar-refractivity contribution < 1.29 is 17.9 Å². The first-order valence-corrected chi connectivity index (χ1v) is 6.77. The van der Waals surface area contributed by atoms with E-state index in [2.05, 4.69) is 0 Å². The van der Waals surface area contributed by atoms with Gasteiger partial charge in [0, 0.05) is 5.92 Å². The van der Waals surface area contributed by atoms with Gasteiger partial charge in [-0.25, -0.2) is 8.42 Å². The number of rotatable bonds is 2. The minimum atomic E-state index is -2.89. The Labute approximate surface area is 88.9 Å². The SMILES string of the molecule is N#CCC1COC(C2CCS(=O)(=O)C2)O1. The molecular weight excluding hydrogens is 218 g/mol. The molecule has 0 saturated carbocycles. The summed E-state index contributed by atoms with van der Waals surface area (Å²) in [6, 6.07) is 2.01. The van der Waals surface area contributed by atoms with Gasteiger partial charge in [0.05, 0.1) is 36.7 Å². The Morgan fingerprint density at radius 3 is 2.87 bits per heavy atom. The molecule has 2 aliphatic heterocycles. The highest BCUT2D eigenvalue weighted by atomic mass is 32.2. The van der Waals surface area contributed by atoms with Crippen LogP contribution >= 0.6 is 0 Å². The van der Waals surface area contributed by atoms with E-state index < -0.39 is 16.1 Å². The van der Waals surface area contributed by atoms with E-state index in [0.717, 1.165) is 0 Å². The van der Waals surface area contributed by atoms with Gasteiger partial charge in [-0.2, -0.15) is 5.26 Å². The normalized spacial score (nSPS) is 39.0. The van der Waals surface area contributed by atoms with Gasteiger partial charge in [-0.1, -0.05) is 0 Å². The summed E-state index contributed by atoms with van der Waals surface area (Å²) in [5.74, 6) is 0.319. The molecule has 0 N–H and O–H groups in total. The monoisotopic (exact) mass is 231 g/mol. The first kappa shape index (κ1) is 10.9. The highest BCUT2D eigenvalue weighted by molar-refractivity contribution is 7.91. The van der Waals surface area contributed by atoms with E-state index >= 15 is 0 Å². The summed E-state index contributed by atoms with van der Waals surface area (Å²) in [7, 11) is -2.89. The third-order valence-corrected chi connectivity index (χ3v) is 4.54. The third-order valence-electron chi connectivity index (χ3n) is 2.74. The number of nitriles is 1. The van der Waals surface area contributed by atoms with Gasteiger partial charge in [0.2, 0.25) is 0 Å². The Kier molecular flexibility index (Phi) is 2.96. The zero-order valence-electron chi connectivity index (χ0n) is 8.26. The fourth-order valence-corrected chi connectivity index (χ4v) is 3.77. The number of hydrogen-bond acceptors (Lipinski definition) is 5. The zero-order valence-corrected chi connectivity index (χ0v) is 9.07. The molecule has 0 radical (unpaired) electrons. The topological polar surface area (TPSA) is 76.4 Å². The van der Waals surface area contributed by atoms with E-state index in [1.165, 1.54) is 0 Å². The van der Waals surface area contributed by atoms with E-state index in [9.17, 15) is 8.42 Å². The zero-order chi connectivity index (χ0) is 10.9. The molecule has 0 amide bonds. The molecule has 15 heavy (non-hydrogen) atoms. The summed E-state index contributed by atoms with van der Waals surface area (Å²) in [5.41, 5.74) is 0. The van der Waals surface area contributed by atoms with Crippen molar-refractivity contribution in [2.75, 3.05) is 18.1 Å². The number of sulfone groups is 1. The molecule has 3 unspecified atom stereocenters. The van der Waals surface area contributed by atoms with Crippen LogP contribution in [0.5, 0.6) is 0 Å². The van der Waals surface area contributed by atoms with E-state index in [1.807, 2.05) is 6.07 Å². The fraction of sp³-hybridized carbons (Fsp3) is 0.889. The second-order valence-corrected chi connectivity index (χ2v) is 6.21. The van der Waals surface area contributed by atoms with Crippen molar-refractivity contribution in [1.82, 2.24) is 0 Å². The van der Waals surface area contributed by atoms with Gasteiger partial charge < -0.3 is 9.47 Å². The van der Waals surface area contributed by atoms with Crippen molar-refractivity contribution >= 4 is 9.84 Å². The molecule has 0 spiro atoms. The number of ether oxygens (including phenoxy) is 2. The van der Waals surface area contributed by atoms with Gasteiger partial charge in [0.15, 0.2) is 16.1 Å². The molecule has 0 aromatic heterocycles. The van der Waals surface area contributed by atoms with Crippen LogP contribution in [0, 0.1) is 17.2 Å². The minimum absolute atomic E-state index is 0.0568. The summed E-state index contributed by atoms with van der Waals surface area (Å²) in [6.45, 7) is 0.398. The Morgan fingerprint density at radius 2 is 2.27 bits per heavy atom. The lowest BCUT2D eigenvalue weighted by Crippen LogP contribution is -2.23. The minimum Gasteiger partial charge on any atom is -0.350 e. The maximum Gasteiger partial charge on any atom is 0.162 e. The second-order valence-electron chi connectivity index (χ2n) is 3.99. The molecule has 3 atom stereocenters. The first-order chi connectivity index (χ1) is 7.11. The fourth-order valence-electron chi connectivity index (χ4n) is 1.96. The Hall–Kier alpha value is -0.640. The molecule has 2 rings (SSSR count). The van der Waals surface area contributed by atoms with Crippen LogP contribution in [-0.4, -0.2) is 38.9 Å². The van der Waals surface area contributed by atoms with Crippen molar-refractivity contribution in [1.29, 1.82) is 5.26 Å². The van der Waals surface area contributed by atoms with Crippen LogP contribution in [0.4, 0.5) is 0 Å². The van der Waals surface area contributed by atoms with E-state index in [0.29, 0.717) is 19.4 Å². The van der Waals surface area contributed by atoms with Crippen LogP contribution in [0.25, 0.3) is 0 Å². The van der Waals surface area contributed by atoms with Gasteiger partial charge in [-0.3, -0.25) is 0 Å². The predicted molar refractivity (Wildman–Crippen MR) is 51.6 cm³/mol. The molecule has 2 heterocycles. The smallest absolute Gasteiger partial charge is 0.162 e. The van der Waals surface area contributed by atoms with E-state index in [-0.39, 0.29) is 23.5 Å². The summed E-state index contributed by atoms with van der Waals surface area (Å²) in [4.78, 5) is 0. The van der Waals surface area contributed by atoms with Crippen molar-refractivity contribution in [3.05, 3.63) is 0 Å². The molecule has 0 bridgehead atoms. The largest absolute Gasteiger partial charge is 0.350 e. The molecule has 2 fully saturated rings. The van der Waals surface area contributed by atoms with Crippen molar-refractivity contribution in [3.8, 4) is 6.07 Å². The first-order valence-electron chi connectivity index (χ1n) is 4.95. The quantitative estimate of drug-likeness (QED) is 0.672. The lowest BCUT2D eigenvalue weighted by atomic mass is 10.1. The van der Waals surface area contributed by atoms with E-state index in [1.54, 1.807) is 0 Å². The molecule has 0 aromatic carbocycles. The number of nitrogens with zero attached hydrogens (tertiary/aromatic N) is 1. The third kappa shape index (κ3) is 2.48. The molecule has 2 saturated heterocycles.